The van der Waals surface area contributed by atoms with Gasteiger partial charge in [0.25, 0.3) is 0 Å². The molecule has 0 atom stereocenters. The zero-order chi connectivity index (χ0) is 56.5. The van der Waals surface area contributed by atoms with Crippen LogP contribution in [0.2, 0.25) is 0 Å². The van der Waals surface area contributed by atoms with Crippen molar-refractivity contribution in [3.05, 3.63) is 0 Å². The molecular formula is C72H150Cl2NiP2. The van der Waals surface area contributed by atoms with Gasteiger partial charge in [0.2, 0.25) is 0 Å². The third-order valence-corrected chi connectivity index (χ3v) is 22.7. The van der Waals surface area contributed by atoms with E-state index in [9.17, 15) is 0 Å². The van der Waals surface area contributed by atoms with Gasteiger partial charge in [-0.15, -0.1) is 15.8 Å². The second-order valence-corrected chi connectivity index (χ2v) is 31.8. The van der Waals surface area contributed by atoms with Crippen molar-refractivity contribution in [1.82, 2.24) is 0 Å². The van der Waals surface area contributed by atoms with Crippen LogP contribution in [0.25, 0.3) is 0 Å². The zero-order valence-corrected chi connectivity index (χ0v) is 58.9. The molecule has 0 heterocycles. The number of hydrogen-bond donors (Lipinski definition) is 0. The van der Waals surface area contributed by atoms with Crippen molar-refractivity contribution in [2.45, 2.75) is 427 Å². The molecule has 0 saturated carbocycles. The van der Waals surface area contributed by atoms with E-state index in [1.54, 1.807) is 37.0 Å². The van der Waals surface area contributed by atoms with Crippen LogP contribution in [-0.4, -0.2) is 37.0 Å². The molecule has 0 rings (SSSR count). The minimum atomic E-state index is 0.336. The fourth-order valence-corrected chi connectivity index (χ4v) is 17.0. The second-order valence-electron chi connectivity index (χ2n) is 24.8. The van der Waals surface area contributed by atoms with E-state index in [-0.39, 0.29) is 0 Å². The van der Waals surface area contributed by atoms with Crippen molar-refractivity contribution in [1.29, 1.82) is 0 Å². The van der Waals surface area contributed by atoms with Gasteiger partial charge >= 0.3 is 33.0 Å². The average molecular weight is 1210 g/mol. The first-order chi connectivity index (χ1) is 38.1. The van der Waals surface area contributed by atoms with Crippen molar-refractivity contribution in [3.8, 4) is 0 Å². The standard InChI is InChI=1S/2C36H75P.2ClH.Ni/c2*1-4-7-10-13-16-19-22-25-28-31-34-37(35-32-29-26-23-20-17-14-11-8-5-2)36-33-30-27-24-21-18-15-12-9-6-3;;;/h2*4-36H2,1-3H3;2*1H;/q;;;;+2/p-2. The predicted octanol–water partition coefficient (Wildman–Crippen LogP) is 29.8. The van der Waals surface area contributed by atoms with E-state index in [2.05, 4.69) is 41.5 Å². The maximum absolute atomic E-state index is 4.70. The monoisotopic (exact) mass is 1200 g/mol. The first-order valence-electron chi connectivity index (χ1n) is 36.4. The molecule has 0 fully saturated rings. The van der Waals surface area contributed by atoms with Gasteiger partial charge in [0.1, 0.15) is 0 Å². The Balaban J connectivity index is -0.00000135. The number of hydrogen-bond acceptors (Lipinski definition) is 0. The topological polar surface area (TPSA) is 0 Å². The maximum atomic E-state index is 4.70. The van der Waals surface area contributed by atoms with Crippen LogP contribution in [0, 0.1) is 0 Å². The summed E-state index contributed by atoms with van der Waals surface area (Å²) in [5.41, 5.74) is 0. The summed E-state index contributed by atoms with van der Waals surface area (Å²) in [7, 11) is 10.1. The van der Waals surface area contributed by atoms with Gasteiger partial charge in [0.05, 0.1) is 0 Å². The number of rotatable bonds is 66. The van der Waals surface area contributed by atoms with E-state index in [0.29, 0.717) is 28.5 Å². The molecular weight excluding hydrogens is 1060 g/mol. The second kappa shape index (κ2) is 82.1. The summed E-state index contributed by atoms with van der Waals surface area (Å²) < 4.78 is 0. The molecule has 0 aromatic heterocycles. The molecule has 0 aromatic rings. The fraction of sp³-hybridized carbons (Fsp3) is 1.00. The molecule has 0 aliphatic rings. The molecule has 0 nitrogen and oxygen atoms in total. The van der Waals surface area contributed by atoms with Crippen molar-refractivity contribution in [2.75, 3.05) is 37.0 Å². The molecule has 0 bridgehead atoms. The summed E-state index contributed by atoms with van der Waals surface area (Å²) in [4.78, 5) is 0. The Morgan fingerprint density at radius 1 is 0.156 bits per heavy atom. The Kier molecular flexibility index (Phi) is 88.7. The van der Waals surface area contributed by atoms with Gasteiger partial charge in [0.15, 0.2) is 0 Å². The van der Waals surface area contributed by atoms with Crippen molar-refractivity contribution in [3.63, 3.8) is 0 Å². The van der Waals surface area contributed by atoms with Gasteiger partial charge in [-0.3, -0.25) is 0 Å². The summed E-state index contributed by atoms with van der Waals surface area (Å²) in [5, 5.41) is 0. The number of halogens is 2. The van der Waals surface area contributed by atoms with Gasteiger partial charge < -0.3 is 0 Å². The fourth-order valence-electron chi connectivity index (χ4n) is 11.6. The summed E-state index contributed by atoms with van der Waals surface area (Å²) in [5.74, 6) is 0. The van der Waals surface area contributed by atoms with Gasteiger partial charge in [-0.05, 0) is 75.5 Å². The molecule has 0 saturated heterocycles. The molecule has 0 radical (unpaired) electrons. The number of unbranched alkanes of at least 4 members (excludes halogenated alkanes) is 54. The normalized spacial score (nSPS) is 11.5. The molecule has 0 unspecified atom stereocenters. The van der Waals surface area contributed by atoms with Crippen molar-refractivity contribution in [2.24, 2.45) is 0 Å². The Labute approximate surface area is 509 Å². The quantitative estimate of drug-likeness (QED) is 0.0323. The SMILES string of the molecule is CCCCCCCCCCCCP(CCCCCCCCCCCC)CCCCCCCCCCCC.CCCCCCCCCCCCP(CCCCCCCCCCCC)CCCCCCCCCCCC.[Cl][Ni][Cl]. The summed E-state index contributed by atoms with van der Waals surface area (Å²) in [6, 6.07) is 0. The predicted molar refractivity (Wildman–Crippen MR) is 366 cm³/mol. The Morgan fingerprint density at radius 2 is 0.234 bits per heavy atom. The van der Waals surface area contributed by atoms with E-state index in [1.807, 2.05) is 0 Å². The molecule has 0 aliphatic heterocycles. The van der Waals surface area contributed by atoms with Crippen LogP contribution in [0.4, 0.5) is 0 Å². The van der Waals surface area contributed by atoms with Crippen LogP contribution < -0.4 is 0 Å². The van der Waals surface area contributed by atoms with Crippen LogP contribution in [0.1, 0.15) is 427 Å². The third-order valence-electron chi connectivity index (χ3n) is 17.0. The molecule has 0 aliphatic carbocycles. The molecule has 472 valence electrons. The Morgan fingerprint density at radius 3 is 0.325 bits per heavy atom. The molecule has 5 heteroatoms. The minimum absolute atomic E-state index is 0.336. The zero-order valence-electron chi connectivity index (χ0n) is 54.6. The Bertz CT molecular complexity index is 752. The van der Waals surface area contributed by atoms with Crippen LogP contribution in [0.5, 0.6) is 0 Å². The van der Waals surface area contributed by atoms with Crippen molar-refractivity contribution >= 4 is 36.2 Å². The van der Waals surface area contributed by atoms with Crippen LogP contribution in [0.15, 0.2) is 0 Å². The van der Waals surface area contributed by atoms with Gasteiger partial charge in [-0.1, -0.05) is 388 Å². The molecule has 0 amide bonds. The average Bonchev–Trinajstić information content (AvgIpc) is 3.43. The van der Waals surface area contributed by atoms with Crippen molar-refractivity contribution < 1.29 is 12.7 Å². The van der Waals surface area contributed by atoms with E-state index in [1.165, 1.54) is 385 Å². The third kappa shape index (κ3) is 82.2. The summed E-state index contributed by atoms with van der Waals surface area (Å²) in [6.07, 6.45) is 98.5. The molecule has 0 aromatic carbocycles. The van der Waals surface area contributed by atoms with Gasteiger partial charge in [0, 0.05) is 0 Å². The first kappa shape index (κ1) is 83.1. The molecule has 0 spiro atoms. The van der Waals surface area contributed by atoms with E-state index >= 15 is 0 Å². The Hall–Kier alpha value is 1.93. The molecule has 77 heavy (non-hydrogen) atoms. The van der Waals surface area contributed by atoms with Crippen LogP contribution in [0.3, 0.4) is 0 Å². The summed E-state index contributed by atoms with van der Waals surface area (Å²) in [6.45, 7) is 13.9. The summed E-state index contributed by atoms with van der Waals surface area (Å²) >= 11 is 0.569. The van der Waals surface area contributed by atoms with E-state index in [0.717, 1.165) is 0 Å². The molecule has 0 N–H and O–H groups in total. The van der Waals surface area contributed by atoms with Gasteiger partial charge in [-0.2, -0.15) is 0 Å². The van der Waals surface area contributed by atoms with Gasteiger partial charge in [-0.25, -0.2) is 0 Å². The van der Waals surface area contributed by atoms with E-state index in [4.69, 9.17) is 20.4 Å². The van der Waals surface area contributed by atoms with Crippen LogP contribution in [-0.2, 0) is 12.7 Å². The first-order valence-corrected chi connectivity index (χ1v) is 42.9. The van der Waals surface area contributed by atoms with E-state index < -0.39 is 0 Å². The van der Waals surface area contributed by atoms with Crippen LogP contribution >= 0.6 is 36.2 Å².